The number of piperidine rings is 1. The third-order valence-corrected chi connectivity index (χ3v) is 5.43. The summed E-state index contributed by atoms with van der Waals surface area (Å²) in [4.78, 5) is 25.3. The van der Waals surface area contributed by atoms with Crippen LogP contribution in [0.15, 0.2) is 0 Å². The number of hydrogen-bond acceptors (Lipinski definition) is 6. The Balaban J connectivity index is 2.03. The van der Waals surface area contributed by atoms with Gasteiger partial charge in [-0.05, 0) is 25.2 Å². The van der Waals surface area contributed by atoms with Crippen LogP contribution in [-0.2, 0) is 8.98 Å². The Labute approximate surface area is 142 Å². The topological polar surface area (TPSA) is 82.1 Å². The smallest absolute Gasteiger partial charge is 0.449 e. The van der Waals surface area contributed by atoms with Crippen LogP contribution in [0.1, 0.15) is 46.5 Å². The van der Waals surface area contributed by atoms with Crippen LogP contribution in [0.4, 0.5) is 4.79 Å². The summed E-state index contributed by atoms with van der Waals surface area (Å²) in [6, 6.07) is -0.124. The van der Waals surface area contributed by atoms with Crippen LogP contribution in [0.3, 0.4) is 0 Å². The van der Waals surface area contributed by atoms with Crippen molar-refractivity contribution in [3.63, 3.8) is 0 Å². The standard InChI is InChI=1S/C15H27N3O4S/c1-4-5-8-18-13(19)12(11(2)3)16-15(18)6-9-17(10-7-15)23-22-14(20)21/h11-12,16H,4-10H2,1-3H3,(H,20,21). The highest BCUT2D eigenvalue weighted by atomic mass is 32.2. The average Bonchev–Trinajstić information content (AvgIpc) is 2.77. The van der Waals surface area contributed by atoms with Crippen LogP contribution >= 0.6 is 12.2 Å². The van der Waals surface area contributed by atoms with Crippen LogP contribution in [0.5, 0.6) is 0 Å². The van der Waals surface area contributed by atoms with Gasteiger partial charge in [0, 0.05) is 19.6 Å². The van der Waals surface area contributed by atoms with Crippen molar-refractivity contribution in [2.24, 2.45) is 5.92 Å². The van der Waals surface area contributed by atoms with Crippen molar-refractivity contribution in [2.75, 3.05) is 19.6 Å². The highest BCUT2D eigenvalue weighted by Gasteiger charge is 2.51. The molecule has 0 radical (unpaired) electrons. The molecule has 7 nitrogen and oxygen atoms in total. The third-order valence-electron chi connectivity index (χ3n) is 4.64. The normalized spacial score (nSPS) is 24.6. The van der Waals surface area contributed by atoms with Crippen LogP contribution in [0.25, 0.3) is 0 Å². The van der Waals surface area contributed by atoms with Crippen LogP contribution in [0.2, 0.25) is 0 Å². The molecule has 132 valence electrons. The van der Waals surface area contributed by atoms with E-state index in [1.54, 1.807) is 0 Å². The molecule has 2 aliphatic rings. The Morgan fingerprint density at radius 1 is 1.48 bits per heavy atom. The number of hydrogen-bond donors (Lipinski definition) is 2. The molecule has 2 aliphatic heterocycles. The third kappa shape index (κ3) is 4.10. The fourth-order valence-corrected chi connectivity index (χ4v) is 3.83. The van der Waals surface area contributed by atoms with E-state index in [2.05, 4.69) is 30.3 Å². The maximum absolute atomic E-state index is 12.8. The quantitative estimate of drug-likeness (QED) is 0.564. The molecule has 23 heavy (non-hydrogen) atoms. The highest BCUT2D eigenvalue weighted by molar-refractivity contribution is 7.92. The molecule has 1 unspecified atom stereocenters. The lowest BCUT2D eigenvalue weighted by Gasteiger charge is -2.43. The Hall–Kier alpha value is -0.990. The van der Waals surface area contributed by atoms with E-state index in [1.165, 1.54) is 0 Å². The van der Waals surface area contributed by atoms with Crippen LogP contribution < -0.4 is 5.32 Å². The summed E-state index contributed by atoms with van der Waals surface area (Å²) in [5, 5.41) is 12.2. The molecule has 2 N–H and O–H groups in total. The molecule has 1 atom stereocenters. The van der Waals surface area contributed by atoms with Gasteiger partial charge in [0.05, 0.1) is 11.7 Å². The molecule has 0 saturated carbocycles. The number of nitrogens with one attached hydrogen (secondary N) is 1. The summed E-state index contributed by atoms with van der Waals surface area (Å²) < 4.78 is 6.46. The van der Waals surface area contributed by atoms with Crippen molar-refractivity contribution < 1.29 is 18.9 Å². The molecule has 0 aliphatic carbocycles. The second-order valence-electron chi connectivity index (χ2n) is 6.59. The van der Waals surface area contributed by atoms with Gasteiger partial charge in [-0.25, -0.2) is 9.10 Å². The summed E-state index contributed by atoms with van der Waals surface area (Å²) in [5.41, 5.74) is -0.290. The number of nitrogens with zero attached hydrogens (tertiary/aromatic N) is 2. The van der Waals surface area contributed by atoms with E-state index in [0.717, 1.165) is 44.5 Å². The van der Waals surface area contributed by atoms with Crippen molar-refractivity contribution in [3.05, 3.63) is 0 Å². The van der Waals surface area contributed by atoms with E-state index >= 15 is 0 Å². The molecule has 1 amide bonds. The predicted molar refractivity (Wildman–Crippen MR) is 88.6 cm³/mol. The van der Waals surface area contributed by atoms with Gasteiger partial charge in [0.15, 0.2) is 12.2 Å². The van der Waals surface area contributed by atoms with Crippen molar-refractivity contribution in [3.8, 4) is 0 Å². The van der Waals surface area contributed by atoms with Gasteiger partial charge in [-0.2, -0.15) is 0 Å². The molecule has 0 aromatic heterocycles. The van der Waals surface area contributed by atoms with E-state index in [4.69, 9.17) is 5.11 Å². The first-order valence-corrected chi connectivity index (χ1v) is 9.01. The SMILES string of the molecule is CCCCN1C(=O)C(C(C)C)NC12CCN(SOC(=O)O)CC2. The summed E-state index contributed by atoms with van der Waals surface area (Å²) in [7, 11) is 0. The number of carbonyl (C=O) groups excluding carboxylic acids is 1. The number of unbranched alkanes of at least 4 members (excludes halogenated alkanes) is 1. The lowest BCUT2D eigenvalue weighted by Crippen LogP contribution is -2.58. The van der Waals surface area contributed by atoms with Gasteiger partial charge in [0.1, 0.15) is 0 Å². The molecule has 8 heteroatoms. The lowest BCUT2D eigenvalue weighted by atomic mass is 9.96. The molecule has 2 rings (SSSR count). The van der Waals surface area contributed by atoms with Crippen molar-refractivity contribution in [1.82, 2.24) is 14.5 Å². The van der Waals surface area contributed by atoms with Gasteiger partial charge >= 0.3 is 6.16 Å². The van der Waals surface area contributed by atoms with Gasteiger partial charge in [0.25, 0.3) is 0 Å². The lowest BCUT2D eigenvalue weighted by molar-refractivity contribution is -0.133. The Kier molecular flexibility index (Phi) is 6.16. The van der Waals surface area contributed by atoms with Gasteiger partial charge < -0.3 is 14.2 Å². The highest BCUT2D eigenvalue weighted by Crippen LogP contribution is 2.36. The number of carboxylic acid groups (broad SMARTS) is 1. The maximum atomic E-state index is 12.8. The molecular formula is C15H27N3O4S. The largest absolute Gasteiger partial charge is 0.519 e. The van der Waals surface area contributed by atoms with Gasteiger partial charge in [0.2, 0.25) is 5.91 Å². The fraction of sp³-hybridized carbons (Fsp3) is 0.867. The number of amides is 1. The van der Waals surface area contributed by atoms with E-state index in [0.29, 0.717) is 13.1 Å². The minimum Gasteiger partial charge on any atom is -0.449 e. The molecule has 0 bridgehead atoms. The molecule has 0 aromatic carbocycles. The zero-order valence-corrected chi connectivity index (χ0v) is 14.9. The first-order chi connectivity index (χ1) is 10.9. The summed E-state index contributed by atoms with van der Waals surface area (Å²) >= 11 is 0.877. The monoisotopic (exact) mass is 345 g/mol. The van der Waals surface area contributed by atoms with Crippen molar-refractivity contribution in [2.45, 2.75) is 58.2 Å². The molecule has 1 spiro atoms. The van der Waals surface area contributed by atoms with E-state index in [1.807, 2.05) is 9.21 Å². The molecule has 2 heterocycles. The number of carbonyl (C=O) groups is 2. The minimum atomic E-state index is -1.28. The van der Waals surface area contributed by atoms with Gasteiger partial charge in [-0.1, -0.05) is 27.2 Å². The predicted octanol–water partition coefficient (Wildman–Crippen LogP) is 2.29. The van der Waals surface area contributed by atoms with E-state index in [9.17, 15) is 9.59 Å². The maximum Gasteiger partial charge on any atom is 0.519 e. The molecule has 2 fully saturated rings. The minimum absolute atomic E-state index is 0.124. The zero-order valence-electron chi connectivity index (χ0n) is 14.1. The summed E-state index contributed by atoms with van der Waals surface area (Å²) in [6.45, 7) is 8.42. The Bertz CT molecular complexity index is 438. The Morgan fingerprint density at radius 3 is 2.65 bits per heavy atom. The number of rotatable bonds is 6. The first kappa shape index (κ1) is 18.4. The van der Waals surface area contributed by atoms with Crippen molar-refractivity contribution in [1.29, 1.82) is 0 Å². The summed E-state index contributed by atoms with van der Waals surface area (Å²) in [5.74, 6) is 0.463. The molecular weight excluding hydrogens is 318 g/mol. The first-order valence-electron chi connectivity index (χ1n) is 8.31. The Morgan fingerprint density at radius 2 is 2.13 bits per heavy atom. The second-order valence-corrected chi connectivity index (χ2v) is 7.43. The van der Waals surface area contributed by atoms with E-state index in [-0.39, 0.29) is 23.5 Å². The summed E-state index contributed by atoms with van der Waals surface area (Å²) in [6.07, 6.45) is 2.33. The van der Waals surface area contributed by atoms with Crippen LogP contribution in [0, 0.1) is 5.92 Å². The molecule has 2 saturated heterocycles. The van der Waals surface area contributed by atoms with Gasteiger partial charge in [-0.15, -0.1) is 0 Å². The second kappa shape index (κ2) is 7.72. The fourth-order valence-electron chi connectivity index (χ4n) is 3.33. The molecule has 0 aromatic rings. The van der Waals surface area contributed by atoms with Gasteiger partial charge in [-0.3, -0.25) is 10.1 Å². The average molecular weight is 345 g/mol. The van der Waals surface area contributed by atoms with E-state index < -0.39 is 6.16 Å². The zero-order chi connectivity index (χ0) is 17.0. The van der Waals surface area contributed by atoms with Crippen LogP contribution in [-0.4, -0.2) is 57.7 Å². The van der Waals surface area contributed by atoms with Crippen molar-refractivity contribution >= 4 is 24.3 Å².